The summed E-state index contributed by atoms with van der Waals surface area (Å²) in [6.45, 7) is 3.72. The molecule has 4 nitrogen and oxygen atoms in total. The van der Waals surface area contributed by atoms with Crippen LogP contribution in [0, 0.1) is 5.92 Å². The SMILES string of the molecule is CC(C)C(Nc1ccc(Cl)c2cccnc12)C(=O)O. The minimum atomic E-state index is -0.881. The van der Waals surface area contributed by atoms with Crippen LogP contribution in [0.5, 0.6) is 0 Å². The number of nitrogens with one attached hydrogen (secondary N) is 1. The lowest BCUT2D eigenvalue weighted by Gasteiger charge is -2.20. The normalized spacial score (nSPS) is 12.6. The van der Waals surface area contributed by atoms with Crippen molar-refractivity contribution in [3.05, 3.63) is 35.5 Å². The Kier molecular flexibility index (Phi) is 3.90. The van der Waals surface area contributed by atoms with Crippen molar-refractivity contribution in [1.82, 2.24) is 4.98 Å². The molecular formula is C14H15ClN2O2. The van der Waals surface area contributed by atoms with E-state index in [0.29, 0.717) is 16.2 Å². The summed E-state index contributed by atoms with van der Waals surface area (Å²) in [6.07, 6.45) is 1.66. The first-order valence-corrected chi connectivity index (χ1v) is 6.41. The van der Waals surface area contributed by atoms with Gasteiger partial charge in [0, 0.05) is 11.6 Å². The number of hydrogen-bond acceptors (Lipinski definition) is 3. The molecule has 0 radical (unpaired) electrons. The third-order valence-electron chi connectivity index (χ3n) is 2.96. The number of benzene rings is 1. The number of aromatic nitrogens is 1. The summed E-state index contributed by atoms with van der Waals surface area (Å²) in [5.74, 6) is -0.916. The third-order valence-corrected chi connectivity index (χ3v) is 3.29. The van der Waals surface area contributed by atoms with Gasteiger partial charge in [0.1, 0.15) is 6.04 Å². The lowest BCUT2D eigenvalue weighted by molar-refractivity contribution is -0.138. The standard InChI is InChI=1S/C14H15ClN2O2/c1-8(2)12(14(18)19)17-11-6-5-10(15)9-4-3-7-16-13(9)11/h3-8,12,17H,1-2H3,(H,18,19). The molecule has 0 saturated heterocycles. The summed E-state index contributed by atoms with van der Waals surface area (Å²) in [6, 6.07) is 6.51. The summed E-state index contributed by atoms with van der Waals surface area (Å²) in [7, 11) is 0. The Morgan fingerprint density at radius 3 is 2.74 bits per heavy atom. The molecule has 1 unspecified atom stereocenters. The molecule has 2 N–H and O–H groups in total. The van der Waals surface area contributed by atoms with Gasteiger partial charge in [0.15, 0.2) is 0 Å². The zero-order chi connectivity index (χ0) is 14.0. The highest BCUT2D eigenvalue weighted by atomic mass is 35.5. The number of pyridine rings is 1. The first kappa shape index (κ1) is 13.6. The van der Waals surface area contributed by atoms with E-state index in [2.05, 4.69) is 10.3 Å². The minimum Gasteiger partial charge on any atom is -0.480 e. The molecule has 0 aliphatic carbocycles. The minimum absolute atomic E-state index is 0.0352. The summed E-state index contributed by atoms with van der Waals surface area (Å²) >= 11 is 6.11. The van der Waals surface area contributed by atoms with E-state index >= 15 is 0 Å². The highest BCUT2D eigenvalue weighted by Gasteiger charge is 2.22. The van der Waals surface area contributed by atoms with Gasteiger partial charge in [-0.1, -0.05) is 25.4 Å². The predicted octanol–water partition coefficient (Wildman–Crippen LogP) is 3.41. The second kappa shape index (κ2) is 5.45. The van der Waals surface area contributed by atoms with Crippen molar-refractivity contribution in [2.24, 2.45) is 5.92 Å². The van der Waals surface area contributed by atoms with Gasteiger partial charge in [-0.2, -0.15) is 0 Å². The van der Waals surface area contributed by atoms with Gasteiger partial charge in [-0.25, -0.2) is 4.79 Å². The largest absolute Gasteiger partial charge is 0.480 e. The molecule has 1 atom stereocenters. The molecule has 0 fully saturated rings. The molecule has 1 aromatic carbocycles. The van der Waals surface area contributed by atoms with Gasteiger partial charge in [-0.3, -0.25) is 4.98 Å². The topological polar surface area (TPSA) is 62.2 Å². The van der Waals surface area contributed by atoms with Crippen LogP contribution in [0.15, 0.2) is 30.5 Å². The smallest absolute Gasteiger partial charge is 0.326 e. The van der Waals surface area contributed by atoms with Gasteiger partial charge in [0.2, 0.25) is 0 Å². The van der Waals surface area contributed by atoms with Crippen molar-refractivity contribution >= 4 is 34.2 Å². The number of halogens is 1. The van der Waals surface area contributed by atoms with E-state index in [1.165, 1.54) is 0 Å². The molecule has 2 aromatic rings. The zero-order valence-electron chi connectivity index (χ0n) is 10.7. The lowest BCUT2D eigenvalue weighted by Crippen LogP contribution is -2.34. The number of hydrogen-bond donors (Lipinski definition) is 2. The van der Waals surface area contributed by atoms with Gasteiger partial charge in [-0.15, -0.1) is 0 Å². The first-order valence-electron chi connectivity index (χ1n) is 6.03. The van der Waals surface area contributed by atoms with Crippen LogP contribution in [-0.2, 0) is 4.79 Å². The summed E-state index contributed by atoms with van der Waals surface area (Å²) < 4.78 is 0. The average molecular weight is 279 g/mol. The van der Waals surface area contributed by atoms with Crippen molar-refractivity contribution in [2.75, 3.05) is 5.32 Å². The highest BCUT2D eigenvalue weighted by Crippen LogP contribution is 2.28. The Morgan fingerprint density at radius 2 is 2.11 bits per heavy atom. The third kappa shape index (κ3) is 2.79. The Bertz CT molecular complexity index is 613. The van der Waals surface area contributed by atoms with E-state index in [0.717, 1.165) is 5.39 Å². The van der Waals surface area contributed by atoms with Crippen molar-refractivity contribution < 1.29 is 9.90 Å². The van der Waals surface area contributed by atoms with E-state index in [1.807, 2.05) is 19.9 Å². The lowest BCUT2D eigenvalue weighted by atomic mass is 10.0. The molecule has 0 bridgehead atoms. The Balaban J connectivity index is 2.46. The maximum absolute atomic E-state index is 11.2. The number of aliphatic carboxylic acids is 1. The van der Waals surface area contributed by atoms with E-state index in [4.69, 9.17) is 11.6 Å². The van der Waals surface area contributed by atoms with Crippen LogP contribution in [0.4, 0.5) is 5.69 Å². The second-order valence-electron chi connectivity index (χ2n) is 4.70. The number of rotatable bonds is 4. The molecule has 2 rings (SSSR count). The monoisotopic (exact) mass is 278 g/mol. The van der Waals surface area contributed by atoms with Crippen molar-refractivity contribution in [3.8, 4) is 0 Å². The molecule has 5 heteroatoms. The fourth-order valence-corrected chi connectivity index (χ4v) is 2.15. The van der Waals surface area contributed by atoms with E-state index in [9.17, 15) is 9.90 Å². The fourth-order valence-electron chi connectivity index (χ4n) is 1.94. The molecule has 100 valence electrons. The van der Waals surface area contributed by atoms with Crippen LogP contribution in [0.25, 0.3) is 10.9 Å². The summed E-state index contributed by atoms with van der Waals surface area (Å²) in [4.78, 5) is 15.5. The molecule has 1 aromatic heterocycles. The Morgan fingerprint density at radius 1 is 1.37 bits per heavy atom. The molecule has 0 spiro atoms. The van der Waals surface area contributed by atoms with E-state index in [1.54, 1.807) is 24.4 Å². The molecular weight excluding hydrogens is 264 g/mol. The van der Waals surface area contributed by atoms with Crippen LogP contribution in [-0.4, -0.2) is 22.1 Å². The number of carboxylic acids is 1. The number of anilines is 1. The van der Waals surface area contributed by atoms with Crippen LogP contribution >= 0.6 is 11.6 Å². The van der Waals surface area contributed by atoms with Crippen LogP contribution in [0.1, 0.15) is 13.8 Å². The van der Waals surface area contributed by atoms with Gasteiger partial charge < -0.3 is 10.4 Å². The fraction of sp³-hybridized carbons (Fsp3) is 0.286. The predicted molar refractivity (Wildman–Crippen MR) is 76.6 cm³/mol. The summed E-state index contributed by atoms with van der Waals surface area (Å²) in [5.41, 5.74) is 1.36. The number of fused-ring (bicyclic) bond motifs is 1. The molecule has 19 heavy (non-hydrogen) atoms. The Hall–Kier alpha value is -1.81. The van der Waals surface area contributed by atoms with Gasteiger partial charge in [-0.05, 0) is 30.2 Å². The van der Waals surface area contributed by atoms with Crippen LogP contribution in [0.3, 0.4) is 0 Å². The van der Waals surface area contributed by atoms with Gasteiger partial charge >= 0.3 is 5.97 Å². The Labute approximate surface area is 116 Å². The molecule has 1 heterocycles. The van der Waals surface area contributed by atoms with Crippen molar-refractivity contribution in [1.29, 1.82) is 0 Å². The molecule has 0 amide bonds. The maximum Gasteiger partial charge on any atom is 0.326 e. The highest BCUT2D eigenvalue weighted by molar-refractivity contribution is 6.35. The van der Waals surface area contributed by atoms with Crippen molar-refractivity contribution in [3.63, 3.8) is 0 Å². The second-order valence-corrected chi connectivity index (χ2v) is 5.11. The quantitative estimate of drug-likeness (QED) is 0.900. The zero-order valence-corrected chi connectivity index (χ0v) is 11.5. The molecule has 0 aliphatic heterocycles. The first-order chi connectivity index (χ1) is 9.00. The van der Waals surface area contributed by atoms with E-state index < -0.39 is 12.0 Å². The molecule has 0 saturated carbocycles. The maximum atomic E-state index is 11.2. The van der Waals surface area contributed by atoms with Gasteiger partial charge in [0.05, 0.1) is 16.2 Å². The van der Waals surface area contributed by atoms with Crippen LogP contribution < -0.4 is 5.32 Å². The van der Waals surface area contributed by atoms with Crippen molar-refractivity contribution in [2.45, 2.75) is 19.9 Å². The number of nitrogens with zero attached hydrogens (tertiary/aromatic N) is 1. The molecule has 0 aliphatic rings. The van der Waals surface area contributed by atoms with Crippen LogP contribution in [0.2, 0.25) is 5.02 Å². The summed E-state index contributed by atoms with van der Waals surface area (Å²) in [5, 5.41) is 13.7. The van der Waals surface area contributed by atoms with Gasteiger partial charge in [0.25, 0.3) is 0 Å². The number of carboxylic acid groups (broad SMARTS) is 1. The number of carbonyl (C=O) groups is 1. The average Bonchev–Trinajstić information content (AvgIpc) is 2.37. The van der Waals surface area contributed by atoms with E-state index in [-0.39, 0.29) is 5.92 Å².